The second-order valence-electron chi connectivity index (χ2n) is 7.89. The Morgan fingerprint density at radius 1 is 1.09 bits per heavy atom. The van der Waals surface area contributed by atoms with Crippen molar-refractivity contribution < 1.29 is 22.7 Å². The van der Waals surface area contributed by atoms with Gasteiger partial charge in [0.15, 0.2) is 0 Å². The van der Waals surface area contributed by atoms with Gasteiger partial charge in [-0.1, -0.05) is 6.07 Å². The van der Waals surface area contributed by atoms with Crippen molar-refractivity contribution in [2.75, 3.05) is 13.1 Å². The van der Waals surface area contributed by atoms with E-state index in [2.05, 4.69) is 9.83 Å². The van der Waals surface area contributed by atoms with Gasteiger partial charge in [-0.3, -0.25) is 9.64 Å². The first kappa shape index (κ1) is 23.3. The zero-order chi connectivity index (χ0) is 24.3. The first-order valence-electron chi connectivity index (χ1n) is 10.6. The van der Waals surface area contributed by atoms with Gasteiger partial charge in [0, 0.05) is 18.7 Å². The average molecular weight is 466 g/mol. The maximum Gasteiger partial charge on any atom is 0.416 e. The molecule has 1 aliphatic rings. The van der Waals surface area contributed by atoms with Crippen LogP contribution in [0.15, 0.2) is 60.7 Å². The monoisotopic (exact) mass is 466 g/mol. The molecule has 9 heteroatoms. The molecule has 3 aromatic rings. The minimum Gasteiger partial charge on any atom is -0.457 e. The van der Waals surface area contributed by atoms with E-state index in [1.54, 1.807) is 36.4 Å². The maximum absolute atomic E-state index is 13.4. The molecule has 0 saturated carbocycles. The summed E-state index contributed by atoms with van der Waals surface area (Å²) in [4.78, 5) is 21.1. The summed E-state index contributed by atoms with van der Waals surface area (Å²) in [6.45, 7) is 8.94. The summed E-state index contributed by atoms with van der Waals surface area (Å²) in [5.41, 5.74) is 6.04. The summed E-state index contributed by atoms with van der Waals surface area (Å²) in [7, 11) is 0. The second kappa shape index (κ2) is 9.53. The number of halogens is 3. The zero-order valence-electron chi connectivity index (χ0n) is 18.0. The number of amides is 1. The van der Waals surface area contributed by atoms with Crippen LogP contribution in [-0.4, -0.2) is 28.9 Å². The predicted octanol–water partition coefficient (Wildman–Crippen LogP) is 5.67. The fourth-order valence-electron chi connectivity index (χ4n) is 3.91. The molecule has 1 unspecified atom stereocenters. The van der Waals surface area contributed by atoms with E-state index in [9.17, 15) is 18.0 Å². The lowest BCUT2D eigenvalue weighted by Crippen LogP contribution is -2.24. The molecule has 2 aromatic carbocycles. The van der Waals surface area contributed by atoms with E-state index in [-0.39, 0.29) is 17.0 Å². The van der Waals surface area contributed by atoms with Crippen molar-refractivity contribution in [3.8, 4) is 22.8 Å². The maximum atomic E-state index is 13.4. The highest BCUT2D eigenvalue weighted by atomic mass is 19.4. The number of primary amides is 1. The van der Waals surface area contributed by atoms with Crippen LogP contribution in [0.1, 0.15) is 40.6 Å². The molecule has 174 valence electrons. The fourth-order valence-corrected chi connectivity index (χ4v) is 3.91. The van der Waals surface area contributed by atoms with Crippen LogP contribution in [0.3, 0.4) is 0 Å². The van der Waals surface area contributed by atoms with Crippen molar-refractivity contribution >= 4 is 5.91 Å². The Morgan fingerprint density at radius 2 is 1.79 bits per heavy atom. The van der Waals surface area contributed by atoms with Gasteiger partial charge in [0.05, 0.1) is 16.8 Å². The molecule has 6 nitrogen and oxygen atoms in total. The number of carbonyl (C=O) groups excluding carboxylic acids is 1. The Kier molecular flexibility index (Phi) is 6.52. The van der Waals surface area contributed by atoms with E-state index in [0.29, 0.717) is 30.1 Å². The minimum absolute atomic E-state index is 0.138. The van der Waals surface area contributed by atoms with Crippen LogP contribution in [0, 0.1) is 6.57 Å². The van der Waals surface area contributed by atoms with Crippen LogP contribution >= 0.6 is 0 Å². The van der Waals surface area contributed by atoms with Crippen molar-refractivity contribution in [2.24, 2.45) is 5.73 Å². The molecule has 4 rings (SSSR count). The van der Waals surface area contributed by atoms with E-state index >= 15 is 0 Å². The van der Waals surface area contributed by atoms with Gasteiger partial charge in [0.1, 0.15) is 17.2 Å². The molecule has 2 heterocycles. The molecule has 0 bridgehead atoms. The second-order valence-corrected chi connectivity index (χ2v) is 7.89. The molecule has 0 aliphatic carbocycles. The van der Waals surface area contributed by atoms with Gasteiger partial charge < -0.3 is 10.5 Å². The molecule has 34 heavy (non-hydrogen) atoms. The molecule has 2 N–H and O–H groups in total. The van der Waals surface area contributed by atoms with Gasteiger partial charge in [-0.15, -0.1) is 0 Å². The highest BCUT2D eigenvalue weighted by molar-refractivity contribution is 5.91. The molecule has 1 amide bonds. The Bertz CT molecular complexity index is 1230. The highest BCUT2D eigenvalue weighted by Crippen LogP contribution is 2.40. The third kappa shape index (κ3) is 5.02. The highest BCUT2D eigenvalue weighted by Gasteiger charge is 2.36. The average Bonchev–Trinajstić information content (AvgIpc) is 3.35. The number of likely N-dealkylation sites (tertiary alicyclic amines) is 1. The van der Waals surface area contributed by atoms with Crippen molar-refractivity contribution in [2.45, 2.75) is 25.2 Å². The first-order valence-corrected chi connectivity index (χ1v) is 10.6. The minimum atomic E-state index is -4.53. The van der Waals surface area contributed by atoms with Crippen molar-refractivity contribution in [1.29, 1.82) is 0 Å². The molecule has 1 fully saturated rings. The van der Waals surface area contributed by atoms with E-state index in [0.717, 1.165) is 25.0 Å². The molecular formula is C25H21F3N4O2. The topological polar surface area (TPSA) is 72.8 Å². The number of hydrogen-bond donors (Lipinski definition) is 1. The molecule has 1 aliphatic heterocycles. The SMILES string of the molecule is [C-]#[N+]C(c1cc(C(F)(F)F)ccc1Oc1ccc(-c2cccc(C(N)=O)n2)cc1)N1CCCC1. The summed E-state index contributed by atoms with van der Waals surface area (Å²) in [5.74, 6) is -0.0486. The number of hydrogen-bond acceptors (Lipinski definition) is 4. The Labute approximate surface area is 194 Å². The number of alkyl halides is 3. The van der Waals surface area contributed by atoms with Crippen molar-refractivity contribution in [3.05, 3.63) is 88.9 Å². The van der Waals surface area contributed by atoms with Gasteiger partial charge in [-0.2, -0.15) is 13.2 Å². The smallest absolute Gasteiger partial charge is 0.416 e. The Hall–Kier alpha value is -3.90. The van der Waals surface area contributed by atoms with Crippen molar-refractivity contribution in [3.63, 3.8) is 0 Å². The number of benzene rings is 2. The number of rotatable bonds is 6. The quantitative estimate of drug-likeness (QED) is 0.475. The summed E-state index contributed by atoms with van der Waals surface area (Å²) in [6, 6.07) is 14.9. The van der Waals surface area contributed by atoms with Crippen molar-refractivity contribution in [1.82, 2.24) is 9.88 Å². The van der Waals surface area contributed by atoms with Gasteiger partial charge in [-0.25, -0.2) is 16.5 Å². The normalized spacial score (nSPS) is 15.0. The third-order valence-corrected chi connectivity index (χ3v) is 5.60. The third-order valence-electron chi connectivity index (χ3n) is 5.60. The fraction of sp³-hybridized carbons (Fsp3) is 0.240. The lowest BCUT2D eigenvalue weighted by Gasteiger charge is -2.21. The number of carbonyl (C=O) groups is 1. The van der Waals surface area contributed by atoms with E-state index in [1.165, 1.54) is 12.1 Å². The molecule has 0 radical (unpaired) electrons. The Morgan fingerprint density at radius 3 is 2.41 bits per heavy atom. The lowest BCUT2D eigenvalue weighted by molar-refractivity contribution is -0.137. The molecule has 1 atom stereocenters. The predicted molar refractivity (Wildman–Crippen MR) is 120 cm³/mol. The molecule has 1 aromatic heterocycles. The largest absolute Gasteiger partial charge is 0.457 e. The number of nitrogens with zero attached hydrogens (tertiary/aromatic N) is 3. The standard InChI is InChI=1S/C25H21F3N4O2/c1-30-24(32-13-2-3-14-32)19-15-17(25(26,27)28)9-12-22(19)34-18-10-7-16(8-11-18)20-5-4-6-21(31-20)23(29)33/h4-12,15,24H,2-3,13-14H2,(H2,29,33). The van der Waals surface area contributed by atoms with Gasteiger partial charge >= 0.3 is 12.3 Å². The van der Waals surface area contributed by atoms with Gasteiger partial charge in [-0.05, 0) is 67.4 Å². The van der Waals surface area contributed by atoms with Crippen LogP contribution in [0.2, 0.25) is 0 Å². The lowest BCUT2D eigenvalue weighted by atomic mass is 10.1. The van der Waals surface area contributed by atoms with Crippen LogP contribution in [0.5, 0.6) is 11.5 Å². The Balaban J connectivity index is 1.65. The molecular weight excluding hydrogens is 445 g/mol. The van der Waals surface area contributed by atoms with Crippen LogP contribution in [0.4, 0.5) is 13.2 Å². The number of nitrogens with two attached hydrogens (primary N) is 1. The van der Waals surface area contributed by atoms with E-state index in [1.807, 2.05) is 4.90 Å². The van der Waals surface area contributed by atoms with Gasteiger partial charge in [0.2, 0.25) is 0 Å². The molecule has 1 saturated heterocycles. The number of pyridine rings is 1. The zero-order valence-corrected chi connectivity index (χ0v) is 18.0. The number of aromatic nitrogens is 1. The van der Waals surface area contributed by atoms with Crippen LogP contribution in [0.25, 0.3) is 16.1 Å². The summed E-state index contributed by atoms with van der Waals surface area (Å²) < 4.78 is 46.1. The summed E-state index contributed by atoms with van der Waals surface area (Å²) in [6.07, 6.45) is -3.60. The summed E-state index contributed by atoms with van der Waals surface area (Å²) >= 11 is 0. The van der Waals surface area contributed by atoms with Crippen LogP contribution < -0.4 is 10.5 Å². The van der Waals surface area contributed by atoms with Gasteiger partial charge in [0.25, 0.3) is 5.91 Å². The molecule has 0 spiro atoms. The summed E-state index contributed by atoms with van der Waals surface area (Å²) in [5, 5.41) is 0. The number of ether oxygens (including phenoxy) is 1. The van der Waals surface area contributed by atoms with E-state index < -0.39 is 23.8 Å². The first-order chi connectivity index (χ1) is 16.3. The van der Waals surface area contributed by atoms with Crippen LogP contribution in [-0.2, 0) is 6.18 Å². The van der Waals surface area contributed by atoms with E-state index in [4.69, 9.17) is 17.0 Å².